The van der Waals surface area contributed by atoms with Crippen molar-refractivity contribution in [1.29, 1.82) is 0 Å². The van der Waals surface area contributed by atoms with Gasteiger partial charge in [0.25, 0.3) is 0 Å². The molecule has 2 rings (SSSR count). The number of nitrogen functional groups attached to an aromatic ring is 1. The van der Waals surface area contributed by atoms with Crippen molar-refractivity contribution in [2.24, 2.45) is 5.84 Å². The van der Waals surface area contributed by atoms with Gasteiger partial charge in [-0.1, -0.05) is 0 Å². The molecule has 6 nitrogen and oxygen atoms in total. The normalized spacial score (nSPS) is 19.3. The molecular formula is C10H17N5OS. The number of nitrogens with zero attached hydrogens (tertiary/aromatic N) is 2. The summed E-state index contributed by atoms with van der Waals surface area (Å²) in [4.78, 5) is 8.58. The van der Waals surface area contributed by atoms with Crippen molar-refractivity contribution < 1.29 is 4.74 Å². The summed E-state index contributed by atoms with van der Waals surface area (Å²) in [6.45, 7) is 0.379. The highest BCUT2D eigenvalue weighted by molar-refractivity contribution is 7.99. The quantitative estimate of drug-likeness (QED) is 0.530. The molecule has 1 aliphatic rings. The van der Waals surface area contributed by atoms with Gasteiger partial charge in [-0.2, -0.15) is 11.8 Å². The first-order valence-electron chi connectivity index (χ1n) is 5.49. The summed E-state index contributed by atoms with van der Waals surface area (Å²) in [5.41, 5.74) is 2.54. The van der Waals surface area contributed by atoms with E-state index in [9.17, 15) is 0 Å². The first kappa shape index (κ1) is 12.4. The van der Waals surface area contributed by atoms with Crippen molar-refractivity contribution in [3.63, 3.8) is 0 Å². The number of nitrogens with two attached hydrogens (primary N) is 1. The molecule has 2 heterocycles. The minimum atomic E-state index is 0.379. The summed E-state index contributed by atoms with van der Waals surface area (Å²) in [6.07, 6.45) is 1.17. The van der Waals surface area contributed by atoms with Gasteiger partial charge in [-0.05, 0) is 12.2 Å². The van der Waals surface area contributed by atoms with Crippen molar-refractivity contribution in [2.45, 2.75) is 19.1 Å². The summed E-state index contributed by atoms with van der Waals surface area (Å²) >= 11 is 1.95. The number of nitrogens with one attached hydrogen (secondary N) is 2. The fourth-order valence-electron chi connectivity index (χ4n) is 1.70. The van der Waals surface area contributed by atoms with Crippen molar-refractivity contribution in [3.05, 3.63) is 11.9 Å². The largest absolute Gasteiger partial charge is 0.377 e. The van der Waals surface area contributed by atoms with E-state index in [0.29, 0.717) is 24.3 Å². The summed E-state index contributed by atoms with van der Waals surface area (Å²) in [5, 5.41) is 3.39. The maximum Gasteiger partial charge on any atom is 0.158 e. The van der Waals surface area contributed by atoms with Crippen LogP contribution in [0, 0.1) is 0 Å². The Balaban J connectivity index is 2.10. The number of hydrogen-bond acceptors (Lipinski definition) is 7. The van der Waals surface area contributed by atoms with Gasteiger partial charge in [0.15, 0.2) is 5.82 Å². The van der Waals surface area contributed by atoms with Crippen LogP contribution in [0.4, 0.5) is 11.6 Å². The molecule has 1 atom stereocenters. The number of hydrogen-bond donors (Lipinski definition) is 3. The van der Waals surface area contributed by atoms with Gasteiger partial charge >= 0.3 is 0 Å². The number of methoxy groups -OCH3 is 1. The molecule has 1 fully saturated rings. The second-order valence-corrected chi connectivity index (χ2v) is 4.99. The molecule has 94 valence electrons. The number of hydrazine groups is 1. The molecule has 0 aromatic carbocycles. The van der Waals surface area contributed by atoms with Crippen LogP contribution in [0.2, 0.25) is 0 Å². The molecule has 1 saturated heterocycles. The van der Waals surface area contributed by atoms with E-state index < -0.39 is 0 Å². The van der Waals surface area contributed by atoms with E-state index in [2.05, 4.69) is 20.7 Å². The zero-order valence-electron chi connectivity index (χ0n) is 9.77. The Hall–Kier alpha value is -1.05. The minimum Gasteiger partial charge on any atom is -0.377 e. The molecule has 0 aliphatic carbocycles. The fourth-order valence-corrected chi connectivity index (χ4v) is 2.85. The third-order valence-electron chi connectivity index (χ3n) is 2.48. The number of anilines is 2. The van der Waals surface area contributed by atoms with E-state index in [1.165, 1.54) is 12.2 Å². The zero-order valence-corrected chi connectivity index (χ0v) is 10.6. The first-order valence-corrected chi connectivity index (χ1v) is 6.65. The van der Waals surface area contributed by atoms with Crippen molar-refractivity contribution in [3.8, 4) is 0 Å². The van der Waals surface area contributed by atoms with Crippen LogP contribution in [0.5, 0.6) is 0 Å². The fraction of sp³-hybridized carbons (Fsp3) is 0.600. The zero-order chi connectivity index (χ0) is 12.1. The number of thioether (sulfide) groups is 1. The average molecular weight is 255 g/mol. The topological polar surface area (TPSA) is 85.1 Å². The lowest BCUT2D eigenvalue weighted by atomic mass is 10.2. The molecular weight excluding hydrogens is 238 g/mol. The minimum absolute atomic E-state index is 0.379. The highest BCUT2D eigenvalue weighted by Gasteiger charge is 2.16. The lowest BCUT2D eigenvalue weighted by Gasteiger charge is -2.13. The molecule has 0 saturated carbocycles. The molecule has 7 heteroatoms. The van der Waals surface area contributed by atoms with Gasteiger partial charge < -0.3 is 15.5 Å². The molecule has 17 heavy (non-hydrogen) atoms. The number of ether oxygens (including phenoxy) is 1. The summed E-state index contributed by atoms with van der Waals surface area (Å²) in [6, 6.07) is 2.29. The van der Waals surface area contributed by atoms with Gasteiger partial charge in [0.1, 0.15) is 18.2 Å². The Morgan fingerprint density at radius 3 is 3.00 bits per heavy atom. The van der Waals surface area contributed by atoms with E-state index in [1.807, 2.05) is 17.8 Å². The van der Waals surface area contributed by atoms with Crippen LogP contribution in [0.25, 0.3) is 0 Å². The van der Waals surface area contributed by atoms with Crippen LogP contribution in [0.15, 0.2) is 6.07 Å². The Labute approximate surface area is 105 Å². The van der Waals surface area contributed by atoms with Crippen molar-refractivity contribution >= 4 is 23.4 Å². The monoisotopic (exact) mass is 255 g/mol. The van der Waals surface area contributed by atoms with Crippen molar-refractivity contribution in [2.75, 3.05) is 29.4 Å². The standard InChI is InChI=1S/C10H17N5OS/c1-16-5-10-13-8(4-9(14-10)15-11)12-7-2-3-17-6-7/h4,7H,2-3,5-6,11H2,1H3,(H2,12,13,14,15). The number of aromatic nitrogens is 2. The third-order valence-corrected chi connectivity index (χ3v) is 3.64. The van der Waals surface area contributed by atoms with Crippen LogP contribution in [0.3, 0.4) is 0 Å². The molecule has 0 radical (unpaired) electrons. The molecule has 4 N–H and O–H groups in total. The summed E-state index contributed by atoms with van der Waals surface area (Å²) < 4.78 is 5.03. The smallest absolute Gasteiger partial charge is 0.158 e. The van der Waals surface area contributed by atoms with Crippen LogP contribution >= 0.6 is 11.8 Å². The van der Waals surface area contributed by atoms with Gasteiger partial charge in [-0.15, -0.1) is 0 Å². The van der Waals surface area contributed by atoms with Gasteiger partial charge in [0.2, 0.25) is 0 Å². The third kappa shape index (κ3) is 3.45. The Bertz CT molecular complexity index is 370. The highest BCUT2D eigenvalue weighted by atomic mass is 32.2. The van der Waals surface area contributed by atoms with E-state index in [0.717, 1.165) is 11.6 Å². The molecule has 1 unspecified atom stereocenters. The van der Waals surface area contributed by atoms with Gasteiger partial charge in [0.05, 0.1) is 0 Å². The second kappa shape index (κ2) is 6.04. The second-order valence-electron chi connectivity index (χ2n) is 3.84. The Morgan fingerprint density at radius 1 is 1.53 bits per heavy atom. The van der Waals surface area contributed by atoms with E-state index in [1.54, 1.807) is 7.11 Å². The van der Waals surface area contributed by atoms with Crippen LogP contribution in [0.1, 0.15) is 12.2 Å². The van der Waals surface area contributed by atoms with Crippen LogP contribution in [-0.2, 0) is 11.3 Å². The van der Waals surface area contributed by atoms with Gasteiger partial charge in [-0.25, -0.2) is 15.8 Å². The van der Waals surface area contributed by atoms with Crippen LogP contribution in [-0.4, -0.2) is 34.6 Å². The van der Waals surface area contributed by atoms with E-state index in [4.69, 9.17) is 10.6 Å². The lowest BCUT2D eigenvalue weighted by Crippen LogP contribution is -2.20. The molecule has 0 spiro atoms. The van der Waals surface area contributed by atoms with Gasteiger partial charge in [-0.3, -0.25) is 0 Å². The predicted molar refractivity (Wildman–Crippen MR) is 69.9 cm³/mol. The molecule has 1 aliphatic heterocycles. The SMILES string of the molecule is COCc1nc(NN)cc(NC2CCSC2)n1. The van der Waals surface area contributed by atoms with E-state index in [-0.39, 0.29) is 0 Å². The highest BCUT2D eigenvalue weighted by Crippen LogP contribution is 2.21. The molecule has 0 bridgehead atoms. The Morgan fingerprint density at radius 2 is 2.35 bits per heavy atom. The first-order chi connectivity index (χ1) is 8.31. The maximum atomic E-state index is 5.38. The van der Waals surface area contributed by atoms with Crippen LogP contribution < -0.4 is 16.6 Å². The Kier molecular flexibility index (Phi) is 4.41. The van der Waals surface area contributed by atoms with Crippen molar-refractivity contribution in [1.82, 2.24) is 9.97 Å². The molecule has 1 aromatic heterocycles. The predicted octanol–water partition coefficient (Wildman–Crippen LogP) is 0.826. The molecule has 0 amide bonds. The lowest BCUT2D eigenvalue weighted by molar-refractivity contribution is 0.178. The summed E-state index contributed by atoms with van der Waals surface area (Å²) in [7, 11) is 1.62. The number of rotatable bonds is 5. The molecule has 1 aromatic rings. The van der Waals surface area contributed by atoms with Gasteiger partial charge in [0, 0.05) is 25.0 Å². The summed E-state index contributed by atoms with van der Waals surface area (Å²) in [5.74, 6) is 9.72. The van der Waals surface area contributed by atoms with E-state index >= 15 is 0 Å². The average Bonchev–Trinajstić information content (AvgIpc) is 2.82. The maximum absolute atomic E-state index is 5.38.